The van der Waals surface area contributed by atoms with E-state index in [1.807, 2.05) is 0 Å². The van der Waals surface area contributed by atoms with Crippen molar-refractivity contribution in [3.05, 3.63) is 28.1 Å². The lowest BCUT2D eigenvalue weighted by Crippen LogP contribution is -2.26. The molecule has 0 aliphatic carbocycles. The zero-order chi connectivity index (χ0) is 13.0. The Balaban J connectivity index is 2.06. The van der Waals surface area contributed by atoms with E-state index in [1.54, 1.807) is 5.56 Å². The monoisotopic (exact) mass is 244 g/mol. The molecule has 3 heterocycles. The number of likely N-dealkylation sites (N-methyl/N-ethyl adjacent to an activating group) is 1. The fourth-order valence-corrected chi connectivity index (χ4v) is 4.26. The van der Waals surface area contributed by atoms with Crippen LogP contribution < -0.4 is 0 Å². The highest BCUT2D eigenvalue weighted by molar-refractivity contribution is 5.42. The van der Waals surface area contributed by atoms with Crippen molar-refractivity contribution in [3.63, 3.8) is 0 Å². The Morgan fingerprint density at radius 1 is 1.00 bits per heavy atom. The normalized spacial score (nSPS) is 31.3. The van der Waals surface area contributed by atoms with Gasteiger partial charge >= 0.3 is 0 Å². The molecule has 2 saturated heterocycles. The van der Waals surface area contributed by atoms with Gasteiger partial charge < -0.3 is 0 Å². The van der Waals surface area contributed by atoms with Crippen LogP contribution in [0.1, 0.15) is 53.3 Å². The summed E-state index contributed by atoms with van der Waals surface area (Å²) in [5.74, 6) is 0.723. The Bertz CT molecular complexity index is 492. The number of fused-ring (bicyclic) bond motifs is 2. The molecule has 2 bridgehead atoms. The highest BCUT2D eigenvalue weighted by Gasteiger charge is 2.45. The third-order valence-electron chi connectivity index (χ3n) is 5.49. The van der Waals surface area contributed by atoms with Crippen LogP contribution >= 0.6 is 0 Å². The fraction of sp³-hybridized carbons (Fsp3) is 0.688. The minimum absolute atomic E-state index is 0.723. The lowest BCUT2D eigenvalue weighted by molar-refractivity contribution is 0.307. The molecule has 0 spiro atoms. The smallest absolute Gasteiger partial charge is 0.0414 e. The highest BCUT2D eigenvalue weighted by Crippen LogP contribution is 2.47. The maximum absolute atomic E-state index is 4.77. The zero-order valence-electron chi connectivity index (χ0n) is 12.2. The Morgan fingerprint density at radius 2 is 1.72 bits per heavy atom. The lowest BCUT2D eigenvalue weighted by Gasteiger charge is -2.26. The SMILES string of the molecule is Cc1nc(C)c([C@H]2CC3CCC2N3C)c(C)c1C. The number of pyridine rings is 1. The summed E-state index contributed by atoms with van der Waals surface area (Å²) in [6.45, 7) is 8.84. The summed E-state index contributed by atoms with van der Waals surface area (Å²) < 4.78 is 0. The Morgan fingerprint density at radius 3 is 2.28 bits per heavy atom. The third-order valence-corrected chi connectivity index (χ3v) is 5.49. The molecule has 2 aliphatic rings. The average molecular weight is 244 g/mol. The number of rotatable bonds is 1. The molecule has 0 aromatic carbocycles. The predicted molar refractivity (Wildman–Crippen MR) is 75.1 cm³/mol. The van der Waals surface area contributed by atoms with E-state index in [0.717, 1.165) is 18.0 Å². The molecule has 2 aliphatic heterocycles. The van der Waals surface area contributed by atoms with Crippen LogP contribution in [0.15, 0.2) is 0 Å². The van der Waals surface area contributed by atoms with E-state index in [2.05, 4.69) is 39.6 Å². The van der Waals surface area contributed by atoms with E-state index < -0.39 is 0 Å². The molecule has 2 unspecified atom stereocenters. The summed E-state index contributed by atoms with van der Waals surface area (Å²) in [4.78, 5) is 7.38. The molecule has 2 fully saturated rings. The Labute approximate surface area is 110 Å². The Hall–Kier alpha value is -0.890. The highest BCUT2D eigenvalue weighted by atomic mass is 15.2. The minimum atomic E-state index is 0.723. The minimum Gasteiger partial charge on any atom is -0.300 e. The van der Waals surface area contributed by atoms with Gasteiger partial charge in [-0.3, -0.25) is 9.88 Å². The summed E-state index contributed by atoms with van der Waals surface area (Å²) in [7, 11) is 2.31. The molecular weight excluding hydrogens is 220 g/mol. The summed E-state index contributed by atoms with van der Waals surface area (Å²) in [5, 5.41) is 0. The van der Waals surface area contributed by atoms with Gasteiger partial charge in [0, 0.05) is 29.4 Å². The van der Waals surface area contributed by atoms with E-state index in [-0.39, 0.29) is 0 Å². The van der Waals surface area contributed by atoms with Gasteiger partial charge in [-0.15, -0.1) is 0 Å². The molecule has 0 N–H and O–H groups in total. The number of nitrogens with zero attached hydrogens (tertiary/aromatic N) is 2. The number of aryl methyl sites for hydroxylation is 2. The first-order valence-corrected chi connectivity index (χ1v) is 7.17. The van der Waals surface area contributed by atoms with Crippen molar-refractivity contribution in [1.82, 2.24) is 9.88 Å². The quantitative estimate of drug-likeness (QED) is 0.754. The van der Waals surface area contributed by atoms with Crippen molar-refractivity contribution in [2.75, 3.05) is 7.05 Å². The zero-order valence-corrected chi connectivity index (χ0v) is 12.2. The molecule has 0 saturated carbocycles. The Kier molecular flexibility index (Phi) is 2.74. The van der Waals surface area contributed by atoms with E-state index in [0.29, 0.717) is 0 Å². The van der Waals surface area contributed by atoms with Crippen molar-refractivity contribution in [2.45, 2.75) is 65.0 Å². The summed E-state index contributed by atoms with van der Waals surface area (Å²) in [6.07, 6.45) is 4.11. The standard InChI is InChI=1S/C16H24N2/c1-9-10(2)16(12(4)17-11(9)3)14-8-13-6-7-15(14)18(13)5/h13-15H,6-8H2,1-5H3/t13?,14-,15?/m0/s1. The molecule has 1 aromatic heterocycles. The lowest BCUT2D eigenvalue weighted by atomic mass is 9.80. The first kappa shape index (κ1) is 12.2. The van der Waals surface area contributed by atoms with E-state index in [4.69, 9.17) is 4.98 Å². The molecule has 0 amide bonds. The molecule has 18 heavy (non-hydrogen) atoms. The predicted octanol–water partition coefficient (Wildman–Crippen LogP) is 3.27. The van der Waals surface area contributed by atoms with Gasteiger partial charge in [0.05, 0.1) is 0 Å². The maximum Gasteiger partial charge on any atom is 0.0414 e. The molecular formula is C16H24N2. The van der Waals surface area contributed by atoms with Gasteiger partial charge in [-0.1, -0.05) is 0 Å². The van der Waals surface area contributed by atoms with Crippen molar-refractivity contribution < 1.29 is 0 Å². The second-order valence-electron chi connectivity index (χ2n) is 6.25. The second-order valence-corrected chi connectivity index (χ2v) is 6.25. The number of aromatic nitrogens is 1. The van der Waals surface area contributed by atoms with E-state index in [9.17, 15) is 0 Å². The maximum atomic E-state index is 4.77. The van der Waals surface area contributed by atoms with Crippen molar-refractivity contribution in [3.8, 4) is 0 Å². The average Bonchev–Trinajstić information content (AvgIpc) is 2.82. The van der Waals surface area contributed by atoms with Gasteiger partial charge in [-0.2, -0.15) is 0 Å². The van der Waals surface area contributed by atoms with Crippen LogP contribution in [0, 0.1) is 27.7 Å². The van der Waals surface area contributed by atoms with Gasteiger partial charge in [0.2, 0.25) is 0 Å². The molecule has 2 nitrogen and oxygen atoms in total. The van der Waals surface area contributed by atoms with Gasteiger partial charge in [0.25, 0.3) is 0 Å². The molecule has 3 atom stereocenters. The van der Waals surface area contributed by atoms with E-state index in [1.165, 1.54) is 41.8 Å². The summed E-state index contributed by atoms with van der Waals surface area (Å²) in [6, 6.07) is 1.58. The first-order valence-electron chi connectivity index (χ1n) is 7.17. The first-order chi connectivity index (χ1) is 8.50. The van der Waals surface area contributed by atoms with Gasteiger partial charge in [0.1, 0.15) is 0 Å². The molecule has 98 valence electrons. The largest absolute Gasteiger partial charge is 0.300 e. The number of hydrogen-bond acceptors (Lipinski definition) is 2. The van der Waals surface area contributed by atoms with Gasteiger partial charge in [-0.25, -0.2) is 0 Å². The van der Waals surface area contributed by atoms with Crippen LogP contribution in [-0.2, 0) is 0 Å². The van der Waals surface area contributed by atoms with Gasteiger partial charge in [0.15, 0.2) is 0 Å². The number of hydrogen-bond donors (Lipinski definition) is 0. The van der Waals surface area contributed by atoms with Crippen LogP contribution in [-0.4, -0.2) is 29.0 Å². The van der Waals surface area contributed by atoms with Crippen LogP contribution in [0.3, 0.4) is 0 Å². The van der Waals surface area contributed by atoms with Crippen LogP contribution in [0.4, 0.5) is 0 Å². The topological polar surface area (TPSA) is 16.1 Å². The molecule has 0 radical (unpaired) electrons. The van der Waals surface area contributed by atoms with Crippen LogP contribution in [0.25, 0.3) is 0 Å². The van der Waals surface area contributed by atoms with Crippen LogP contribution in [0.2, 0.25) is 0 Å². The molecule has 1 aromatic rings. The van der Waals surface area contributed by atoms with E-state index >= 15 is 0 Å². The summed E-state index contributed by atoms with van der Waals surface area (Å²) in [5.41, 5.74) is 6.90. The second kappa shape index (κ2) is 4.06. The van der Waals surface area contributed by atoms with Crippen molar-refractivity contribution in [2.24, 2.45) is 0 Å². The van der Waals surface area contributed by atoms with Gasteiger partial charge in [-0.05, 0) is 70.7 Å². The molecule has 2 heteroatoms. The van der Waals surface area contributed by atoms with Crippen LogP contribution in [0.5, 0.6) is 0 Å². The molecule has 3 rings (SSSR count). The fourth-order valence-electron chi connectivity index (χ4n) is 4.26. The summed E-state index contributed by atoms with van der Waals surface area (Å²) >= 11 is 0. The third kappa shape index (κ3) is 1.55. The van der Waals surface area contributed by atoms with Crippen molar-refractivity contribution >= 4 is 0 Å². The van der Waals surface area contributed by atoms with Crippen molar-refractivity contribution in [1.29, 1.82) is 0 Å².